The van der Waals surface area contributed by atoms with Crippen molar-refractivity contribution in [3.05, 3.63) is 71.3 Å². The molecule has 1 aliphatic heterocycles. The molecule has 2 heterocycles. The van der Waals surface area contributed by atoms with Crippen LogP contribution < -0.4 is 4.90 Å². The molecular weight excluding hydrogens is 362 g/mol. The van der Waals surface area contributed by atoms with Gasteiger partial charge in [0.1, 0.15) is 12.7 Å². The quantitative estimate of drug-likeness (QED) is 0.699. The molecule has 0 radical (unpaired) electrons. The molecule has 0 aliphatic carbocycles. The molecule has 0 atom stereocenters. The van der Waals surface area contributed by atoms with Crippen molar-refractivity contribution in [2.75, 3.05) is 31.1 Å². The van der Waals surface area contributed by atoms with Crippen molar-refractivity contribution in [3.63, 3.8) is 0 Å². The minimum atomic E-state index is 0.0801. The molecule has 1 aromatic heterocycles. The maximum Gasteiger partial charge on any atom is 0.253 e. The highest BCUT2D eigenvalue weighted by Crippen LogP contribution is 2.33. The van der Waals surface area contributed by atoms with Crippen molar-refractivity contribution in [1.82, 2.24) is 19.7 Å². The van der Waals surface area contributed by atoms with E-state index in [1.807, 2.05) is 58.9 Å². The number of aryl methyl sites for hydroxylation is 1. The van der Waals surface area contributed by atoms with Gasteiger partial charge in [-0.05, 0) is 31.2 Å². The van der Waals surface area contributed by atoms with E-state index in [1.165, 1.54) is 0 Å². The van der Waals surface area contributed by atoms with Crippen molar-refractivity contribution >= 4 is 23.2 Å². The van der Waals surface area contributed by atoms with E-state index in [0.29, 0.717) is 18.1 Å². The van der Waals surface area contributed by atoms with E-state index in [-0.39, 0.29) is 5.91 Å². The zero-order valence-electron chi connectivity index (χ0n) is 15.0. The Morgan fingerprint density at radius 3 is 2.41 bits per heavy atom. The monoisotopic (exact) mass is 381 g/mol. The van der Waals surface area contributed by atoms with Crippen molar-refractivity contribution in [3.8, 4) is 5.69 Å². The number of carbonyl (C=O) groups excluding carboxylic acids is 1. The van der Waals surface area contributed by atoms with E-state index in [0.717, 1.165) is 35.6 Å². The van der Waals surface area contributed by atoms with Crippen molar-refractivity contribution < 1.29 is 4.79 Å². The first-order valence-electron chi connectivity index (χ1n) is 8.88. The lowest BCUT2D eigenvalue weighted by molar-refractivity contribution is 0.0746. The Hall–Kier alpha value is -2.86. The fourth-order valence-electron chi connectivity index (χ4n) is 3.44. The molecular formula is C20H20ClN5O. The van der Waals surface area contributed by atoms with E-state index in [2.05, 4.69) is 15.1 Å². The number of halogens is 1. The van der Waals surface area contributed by atoms with Gasteiger partial charge in [-0.15, -0.1) is 10.2 Å². The number of piperazine rings is 1. The zero-order valence-corrected chi connectivity index (χ0v) is 15.8. The first kappa shape index (κ1) is 17.5. The van der Waals surface area contributed by atoms with E-state index in [9.17, 15) is 4.79 Å². The van der Waals surface area contributed by atoms with Gasteiger partial charge in [0.05, 0.1) is 16.4 Å². The summed E-state index contributed by atoms with van der Waals surface area (Å²) in [6.45, 7) is 4.74. The Morgan fingerprint density at radius 2 is 1.70 bits per heavy atom. The third kappa shape index (κ3) is 3.53. The van der Waals surface area contributed by atoms with Crippen molar-refractivity contribution in [2.24, 2.45) is 0 Å². The van der Waals surface area contributed by atoms with Crippen LogP contribution in [0.5, 0.6) is 0 Å². The van der Waals surface area contributed by atoms with Crippen LogP contribution in [0.4, 0.5) is 5.69 Å². The van der Waals surface area contributed by atoms with E-state index in [4.69, 9.17) is 11.6 Å². The maximum atomic E-state index is 12.8. The highest BCUT2D eigenvalue weighted by Gasteiger charge is 2.25. The summed E-state index contributed by atoms with van der Waals surface area (Å²) in [4.78, 5) is 16.9. The molecule has 1 aliphatic rings. The number of anilines is 1. The second-order valence-corrected chi connectivity index (χ2v) is 7.03. The molecule has 138 valence electrons. The van der Waals surface area contributed by atoms with Crippen LogP contribution in [0.25, 0.3) is 5.69 Å². The van der Waals surface area contributed by atoms with Gasteiger partial charge in [-0.3, -0.25) is 9.36 Å². The third-order valence-corrected chi connectivity index (χ3v) is 5.12. The topological polar surface area (TPSA) is 54.3 Å². The number of benzene rings is 2. The largest absolute Gasteiger partial charge is 0.365 e. The van der Waals surface area contributed by atoms with Crippen LogP contribution in [0, 0.1) is 6.92 Å². The van der Waals surface area contributed by atoms with Gasteiger partial charge in [0, 0.05) is 31.7 Å². The molecule has 0 N–H and O–H groups in total. The Balaban J connectivity index is 1.53. The van der Waals surface area contributed by atoms with Crippen LogP contribution in [0.2, 0.25) is 5.02 Å². The van der Waals surface area contributed by atoms with Gasteiger partial charge in [0.25, 0.3) is 5.91 Å². The average Bonchev–Trinajstić information content (AvgIpc) is 3.22. The normalized spacial score (nSPS) is 14.4. The fraction of sp³-hybridized carbons (Fsp3) is 0.250. The lowest BCUT2D eigenvalue weighted by Gasteiger charge is -2.37. The molecule has 0 unspecified atom stereocenters. The zero-order chi connectivity index (χ0) is 18.8. The van der Waals surface area contributed by atoms with Gasteiger partial charge >= 0.3 is 0 Å². The number of aromatic nitrogens is 3. The number of para-hydroxylation sites is 1. The van der Waals surface area contributed by atoms with Crippen LogP contribution in [0.1, 0.15) is 15.9 Å². The molecule has 0 saturated carbocycles. The molecule has 0 spiro atoms. The van der Waals surface area contributed by atoms with Crippen molar-refractivity contribution in [2.45, 2.75) is 6.92 Å². The van der Waals surface area contributed by atoms with E-state index >= 15 is 0 Å². The van der Waals surface area contributed by atoms with Gasteiger partial charge < -0.3 is 9.80 Å². The number of carbonyl (C=O) groups is 1. The predicted octanol–water partition coefficient (Wildman–Crippen LogP) is 3.19. The minimum Gasteiger partial charge on any atom is -0.365 e. The molecule has 6 nitrogen and oxygen atoms in total. The molecule has 4 rings (SSSR count). The first-order valence-corrected chi connectivity index (χ1v) is 9.25. The second-order valence-electron chi connectivity index (χ2n) is 6.63. The minimum absolute atomic E-state index is 0.0801. The summed E-state index contributed by atoms with van der Waals surface area (Å²) in [5.41, 5.74) is 3.72. The Kier molecular flexibility index (Phi) is 4.81. The molecule has 3 aromatic rings. The summed E-state index contributed by atoms with van der Waals surface area (Å²) in [6, 6.07) is 13.5. The van der Waals surface area contributed by atoms with E-state index < -0.39 is 0 Å². The molecule has 7 heteroatoms. The SMILES string of the molecule is Cc1cccc(C(=O)N2CCN(c3c(Cl)cccc3-n3cnnc3)CC2)c1. The third-order valence-electron chi connectivity index (χ3n) is 4.81. The van der Waals surface area contributed by atoms with Gasteiger partial charge in [-0.1, -0.05) is 35.4 Å². The molecule has 2 aromatic carbocycles. The van der Waals surface area contributed by atoms with Gasteiger partial charge in [0.15, 0.2) is 0 Å². The number of amides is 1. The van der Waals surface area contributed by atoms with Crippen LogP contribution in [0.3, 0.4) is 0 Å². The van der Waals surface area contributed by atoms with Crippen LogP contribution >= 0.6 is 11.6 Å². The molecule has 1 fully saturated rings. The molecule has 1 amide bonds. The van der Waals surface area contributed by atoms with Gasteiger partial charge in [-0.2, -0.15) is 0 Å². The maximum absolute atomic E-state index is 12.8. The summed E-state index contributed by atoms with van der Waals surface area (Å²) in [6.07, 6.45) is 3.32. The van der Waals surface area contributed by atoms with Gasteiger partial charge in [-0.25, -0.2) is 0 Å². The molecule has 27 heavy (non-hydrogen) atoms. The van der Waals surface area contributed by atoms with Crippen LogP contribution in [-0.4, -0.2) is 51.8 Å². The van der Waals surface area contributed by atoms with E-state index in [1.54, 1.807) is 12.7 Å². The standard InChI is InChI=1S/C20H20ClN5O/c1-15-4-2-5-16(12-15)20(27)25-10-8-24(9-11-25)19-17(21)6-3-7-18(19)26-13-22-23-14-26/h2-7,12-14H,8-11H2,1H3. The second kappa shape index (κ2) is 7.40. The molecule has 0 bridgehead atoms. The summed E-state index contributed by atoms with van der Waals surface area (Å²) in [5, 5.41) is 8.46. The Morgan fingerprint density at radius 1 is 1.00 bits per heavy atom. The predicted molar refractivity (Wildman–Crippen MR) is 106 cm³/mol. The number of hydrogen-bond donors (Lipinski definition) is 0. The van der Waals surface area contributed by atoms with Gasteiger partial charge in [0.2, 0.25) is 0 Å². The fourth-order valence-corrected chi connectivity index (χ4v) is 3.73. The van der Waals surface area contributed by atoms with Crippen LogP contribution in [0.15, 0.2) is 55.1 Å². The highest BCUT2D eigenvalue weighted by atomic mass is 35.5. The molecule has 1 saturated heterocycles. The average molecular weight is 382 g/mol. The summed E-state index contributed by atoms with van der Waals surface area (Å²) < 4.78 is 1.85. The lowest BCUT2D eigenvalue weighted by Crippen LogP contribution is -2.49. The summed E-state index contributed by atoms with van der Waals surface area (Å²) >= 11 is 6.52. The lowest BCUT2D eigenvalue weighted by atomic mass is 10.1. The number of rotatable bonds is 3. The summed E-state index contributed by atoms with van der Waals surface area (Å²) in [7, 11) is 0. The van der Waals surface area contributed by atoms with Crippen molar-refractivity contribution in [1.29, 1.82) is 0 Å². The smallest absolute Gasteiger partial charge is 0.253 e. The Bertz CT molecular complexity index is 949. The Labute approximate surface area is 163 Å². The number of nitrogens with zero attached hydrogens (tertiary/aromatic N) is 5. The summed E-state index contributed by atoms with van der Waals surface area (Å²) in [5.74, 6) is 0.0801. The highest BCUT2D eigenvalue weighted by molar-refractivity contribution is 6.33. The van der Waals surface area contributed by atoms with Crippen LogP contribution in [-0.2, 0) is 0 Å². The first-order chi connectivity index (χ1) is 13.1. The number of hydrogen-bond acceptors (Lipinski definition) is 4.